The van der Waals surface area contributed by atoms with Gasteiger partial charge in [0.15, 0.2) is 11.5 Å². The molecular formula is C15H14Br2O3. The van der Waals surface area contributed by atoms with Crippen molar-refractivity contribution in [2.75, 3.05) is 14.2 Å². The van der Waals surface area contributed by atoms with Crippen LogP contribution in [0.5, 0.6) is 23.0 Å². The van der Waals surface area contributed by atoms with Gasteiger partial charge >= 0.3 is 0 Å². The molecule has 0 aliphatic carbocycles. The largest absolute Gasteiger partial charge is 0.493 e. The molecule has 2 rings (SSSR count). The molecule has 0 heterocycles. The van der Waals surface area contributed by atoms with Crippen molar-refractivity contribution in [3.63, 3.8) is 0 Å². The van der Waals surface area contributed by atoms with E-state index in [9.17, 15) is 0 Å². The van der Waals surface area contributed by atoms with E-state index < -0.39 is 0 Å². The van der Waals surface area contributed by atoms with Crippen LogP contribution in [0.15, 0.2) is 40.9 Å². The highest BCUT2D eigenvalue weighted by molar-refractivity contribution is 9.10. The zero-order valence-corrected chi connectivity index (χ0v) is 14.3. The molecule has 0 aliphatic rings. The number of alkyl halides is 1. The zero-order chi connectivity index (χ0) is 14.5. The van der Waals surface area contributed by atoms with E-state index in [0.717, 1.165) is 15.8 Å². The second kappa shape index (κ2) is 6.99. The van der Waals surface area contributed by atoms with Crippen LogP contribution >= 0.6 is 31.9 Å². The van der Waals surface area contributed by atoms with Crippen LogP contribution in [0.3, 0.4) is 0 Å². The molecule has 0 atom stereocenters. The first-order valence-corrected chi connectivity index (χ1v) is 7.84. The van der Waals surface area contributed by atoms with Crippen LogP contribution in [0.1, 0.15) is 5.56 Å². The number of methoxy groups -OCH3 is 2. The van der Waals surface area contributed by atoms with Crippen molar-refractivity contribution in [1.29, 1.82) is 0 Å². The molecule has 0 aliphatic heterocycles. The van der Waals surface area contributed by atoms with Crippen molar-refractivity contribution < 1.29 is 14.2 Å². The van der Waals surface area contributed by atoms with Crippen LogP contribution in [0.4, 0.5) is 0 Å². The van der Waals surface area contributed by atoms with E-state index in [4.69, 9.17) is 14.2 Å². The number of halogens is 2. The SMILES string of the molecule is COc1cccc(OC)c1Oc1ccc(Br)cc1CBr. The Balaban J connectivity index is 2.44. The Labute approximate surface area is 135 Å². The predicted molar refractivity (Wildman–Crippen MR) is 86.4 cm³/mol. The molecule has 20 heavy (non-hydrogen) atoms. The average molecular weight is 402 g/mol. The van der Waals surface area contributed by atoms with E-state index in [-0.39, 0.29) is 0 Å². The van der Waals surface area contributed by atoms with E-state index in [1.165, 1.54) is 0 Å². The molecular weight excluding hydrogens is 388 g/mol. The Hall–Kier alpha value is -1.20. The average Bonchev–Trinajstić information content (AvgIpc) is 2.49. The van der Waals surface area contributed by atoms with Gasteiger partial charge in [-0.1, -0.05) is 37.9 Å². The van der Waals surface area contributed by atoms with Gasteiger partial charge in [-0.05, 0) is 30.3 Å². The van der Waals surface area contributed by atoms with Gasteiger partial charge in [0.25, 0.3) is 0 Å². The fraction of sp³-hybridized carbons (Fsp3) is 0.200. The van der Waals surface area contributed by atoms with Crippen LogP contribution in [0.25, 0.3) is 0 Å². The first-order valence-electron chi connectivity index (χ1n) is 5.92. The van der Waals surface area contributed by atoms with Crippen LogP contribution in [0.2, 0.25) is 0 Å². The van der Waals surface area contributed by atoms with Gasteiger partial charge in [0.1, 0.15) is 5.75 Å². The van der Waals surface area contributed by atoms with E-state index in [0.29, 0.717) is 22.6 Å². The van der Waals surface area contributed by atoms with Crippen LogP contribution in [-0.4, -0.2) is 14.2 Å². The summed E-state index contributed by atoms with van der Waals surface area (Å²) in [7, 11) is 3.21. The summed E-state index contributed by atoms with van der Waals surface area (Å²) >= 11 is 6.92. The van der Waals surface area contributed by atoms with Crippen molar-refractivity contribution in [2.24, 2.45) is 0 Å². The highest BCUT2D eigenvalue weighted by Crippen LogP contribution is 2.41. The number of rotatable bonds is 5. The first-order chi connectivity index (χ1) is 9.69. The summed E-state index contributed by atoms with van der Waals surface area (Å²) in [6.45, 7) is 0. The zero-order valence-electron chi connectivity index (χ0n) is 11.2. The van der Waals surface area contributed by atoms with Crippen LogP contribution < -0.4 is 14.2 Å². The van der Waals surface area contributed by atoms with Crippen molar-refractivity contribution in [3.8, 4) is 23.0 Å². The third-order valence-corrected chi connectivity index (χ3v) is 3.86. The lowest BCUT2D eigenvalue weighted by molar-refractivity contribution is 0.345. The second-order valence-corrected chi connectivity index (χ2v) is 5.46. The van der Waals surface area contributed by atoms with Gasteiger partial charge in [0, 0.05) is 15.4 Å². The van der Waals surface area contributed by atoms with Crippen molar-refractivity contribution >= 4 is 31.9 Å². The maximum atomic E-state index is 6.00. The van der Waals surface area contributed by atoms with Gasteiger partial charge in [-0.15, -0.1) is 0 Å². The third-order valence-electron chi connectivity index (χ3n) is 2.76. The van der Waals surface area contributed by atoms with Gasteiger partial charge in [-0.25, -0.2) is 0 Å². The van der Waals surface area contributed by atoms with Gasteiger partial charge < -0.3 is 14.2 Å². The summed E-state index contributed by atoms with van der Waals surface area (Å²) in [6.07, 6.45) is 0. The molecule has 0 spiro atoms. The fourth-order valence-corrected chi connectivity index (χ4v) is 2.63. The van der Waals surface area contributed by atoms with Crippen molar-refractivity contribution in [1.82, 2.24) is 0 Å². The maximum absolute atomic E-state index is 6.00. The highest BCUT2D eigenvalue weighted by Gasteiger charge is 2.14. The van der Waals surface area contributed by atoms with Crippen LogP contribution in [-0.2, 0) is 5.33 Å². The fourth-order valence-electron chi connectivity index (χ4n) is 1.78. The molecule has 0 aromatic heterocycles. The number of hydrogen-bond acceptors (Lipinski definition) is 3. The van der Waals surface area contributed by atoms with Gasteiger partial charge in [-0.3, -0.25) is 0 Å². The normalized spacial score (nSPS) is 10.2. The summed E-state index contributed by atoms with van der Waals surface area (Å²) in [6, 6.07) is 11.4. The van der Waals surface area contributed by atoms with Gasteiger partial charge in [0.2, 0.25) is 5.75 Å². The summed E-state index contributed by atoms with van der Waals surface area (Å²) in [5.41, 5.74) is 1.03. The lowest BCUT2D eigenvalue weighted by atomic mass is 10.2. The molecule has 2 aromatic carbocycles. The number of ether oxygens (including phenoxy) is 3. The molecule has 0 radical (unpaired) electrons. The van der Waals surface area contributed by atoms with E-state index >= 15 is 0 Å². The Bertz CT molecular complexity index is 577. The topological polar surface area (TPSA) is 27.7 Å². The lowest BCUT2D eigenvalue weighted by Crippen LogP contribution is -1.96. The number of benzene rings is 2. The lowest BCUT2D eigenvalue weighted by Gasteiger charge is -2.15. The molecule has 0 N–H and O–H groups in total. The minimum atomic E-state index is 0.571. The molecule has 106 valence electrons. The Morgan fingerprint density at radius 2 is 1.60 bits per heavy atom. The molecule has 0 fully saturated rings. The molecule has 0 bridgehead atoms. The molecule has 0 saturated heterocycles. The standard InChI is InChI=1S/C15H14Br2O3/c1-18-13-4-3-5-14(19-2)15(13)20-12-7-6-11(17)8-10(12)9-16/h3-8H,9H2,1-2H3. The quantitative estimate of drug-likeness (QED) is 0.648. The number of hydrogen-bond donors (Lipinski definition) is 0. The van der Waals surface area contributed by atoms with E-state index in [1.54, 1.807) is 14.2 Å². The highest BCUT2D eigenvalue weighted by atomic mass is 79.9. The van der Waals surface area contributed by atoms with Crippen molar-refractivity contribution in [2.45, 2.75) is 5.33 Å². The van der Waals surface area contributed by atoms with Gasteiger partial charge in [0.05, 0.1) is 14.2 Å². The first kappa shape index (κ1) is 15.2. The molecule has 0 unspecified atom stereocenters. The summed E-state index contributed by atoms with van der Waals surface area (Å²) < 4.78 is 17.7. The summed E-state index contributed by atoms with van der Waals surface area (Å²) in [4.78, 5) is 0. The Kier molecular flexibility index (Phi) is 5.31. The monoisotopic (exact) mass is 400 g/mol. The maximum Gasteiger partial charge on any atom is 0.211 e. The predicted octanol–water partition coefficient (Wildman–Crippen LogP) is 5.15. The summed E-state index contributed by atoms with van der Waals surface area (Å²) in [5.74, 6) is 2.59. The Morgan fingerprint density at radius 3 is 2.15 bits per heavy atom. The smallest absolute Gasteiger partial charge is 0.211 e. The minimum Gasteiger partial charge on any atom is -0.493 e. The van der Waals surface area contributed by atoms with E-state index in [1.807, 2.05) is 36.4 Å². The summed E-state index contributed by atoms with van der Waals surface area (Å²) in [5, 5.41) is 0.694. The Morgan fingerprint density at radius 1 is 0.950 bits per heavy atom. The molecule has 3 nitrogen and oxygen atoms in total. The molecule has 0 saturated carbocycles. The third kappa shape index (κ3) is 3.27. The minimum absolute atomic E-state index is 0.571. The van der Waals surface area contributed by atoms with E-state index in [2.05, 4.69) is 31.9 Å². The molecule has 2 aromatic rings. The van der Waals surface area contributed by atoms with Crippen molar-refractivity contribution in [3.05, 3.63) is 46.4 Å². The molecule has 0 amide bonds. The number of para-hydroxylation sites is 1. The van der Waals surface area contributed by atoms with Crippen LogP contribution in [0, 0.1) is 0 Å². The second-order valence-electron chi connectivity index (χ2n) is 3.98. The molecule has 5 heteroatoms. The van der Waals surface area contributed by atoms with Gasteiger partial charge in [-0.2, -0.15) is 0 Å².